The van der Waals surface area contributed by atoms with Gasteiger partial charge in [-0.1, -0.05) is 96.2 Å². The maximum atomic E-state index is 4.66. The largest absolute Gasteiger partial charge is 0.305 e. The van der Waals surface area contributed by atoms with Gasteiger partial charge in [-0.05, 0) is 50.7 Å². The average Bonchev–Trinajstić information content (AvgIpc) is 2.97. The van der Waals surface area contributed by atoms with E-state index in [0.29, 0.717) is 5.92 Å². The van der Waals surface area contributed by atoms with Gasteiger partial charge in [0.25, 0.3) is 0 Å². The molecule has 0 aliphatic carbocycles. The Bertz CT molecular complexity index is 1550. The minimum absolute atomic E-state index is 0. The minimum atomic E-state index is -1.34. The Kier molecular flexibility index (Phi) is 11.4. The van der Waals surface area contributed by atoms with E-state index in [1.54, 1.807) is 0 Å². The van der Waals surface area contributed by atoms with Crippen LogP contribution in [0.15, 0.2) is 103 Å². The molecule has 0 unspecified atom stereocenters. The SMILES string of the molecule is CC(C)(C)c1ccc(-c2ccnc(-c3[c-]cccc3)c2)cc1.CC(C)c1cc(-c2[c-]cccc2)ncc1[Si](C)(C)C.[Ir]. The summed E-state index contributed by atoms with van der Waals surface area (Å²) in [5.41, 5.74) is 9.46. The molecule has 4 heteroatoms. The van der Waals surface area contributed by atoms with Crippen LogP contribution < -0.4 is 5.19 Å². The minimum Gasteiger partial charge on any atom is -0.305 e. The fourth-order valence-corrected chi connectivity index (χ4v) is 6.43. The summed E-state index contributed by atoms with van der Waals surface area (Å²) in [6, 6.07) is 37.7. The number of nitrogens with zero attached hydrogens (tertiary/aromatic N) is 2. The Morgan fingerprint density at radius 2 is 1.26 bits per heavy atom. The molecule has 0 saturated heterocycles. The van der Waals surface area contributed by atoms with Crippen LogP contribution in [-0.2, 0) is 25.5 Å². The molecular formula is C38H42IrN2Si-2. The Morgan fingerprint density at radius 3 is 1.74 bits per heavy atom. The Hall–Kier alpha value is -3.17. The number of pyridine rings is 2. The van der Waals surface area contributed by atoms with Crippen molar-refractivity contribution in [1.82, 2.24) is 9.97 Å². The number of rotatable bonds is 5. The van der Waals surface area contributed by atoms with Gasteiger partial charge in [-0.15, -0.1) is 71.8 Å². The number of benzene rings is 3. The van der Waals surface area contributed by atoms with Crippen molar-refractivity contribution in [3.05, 3.63) is 127 Å². The molecule has 0 atom stereocenters. The van der Waals surface area contributed by atoms with Gasteiger partial charge in [0.1, 0.15) is 0 Å². The van der Waals surface area contributed by atoms with Gasteiger partial charge in [0.2, 0.25) is 0 Å². The average molecular weight is 747 g/mol. The van der Waals surface area contributed by atoms with Crippen LogP contribution in [0.5, 0.6) is 0 Å². The van der Waals surface area contributed by atoms with E-state index in [4.69, 9.17) is 0 Å². The summed E-state index contributed by atoms with van der Waals surface area (Å²) in [5.74, 6) is 0.534. The van der Waals surface area contributed by atoms with Gasteiger partial charge in [0.15, 0.2) is 0 Å². The van der Waals surface area contributed by atoms with Crippen molar-refractivity contribution in [1.29, 1.82) is 0 Å². The number of hydrogen-bond acceptors (Lipinski definition) is 2. The van der Waals surface area contributed by atoms with Crippen molar-refractivity contribution < 1.29 is 20.1 Å². The molecule has 0 aliphatic heterocycles. The van der Waals surface area contributed by atoms with Gasteiger partial charge < -0.3 is 9.97 Å². The van der Waals surface area contributed by atoms with E-state index in [0.717, 1.165) is 22.5 Å². The second kappa shape index (κ2) is 14.3. The summed E-state index contributed by atoms with van der Waals surface area (Å²) in [5, 5.41) is 1.47. The van der Waals surface area contributed by atoms with E-state index in [1.165, 1.54) is 27.4 Å². The first-order chi connectivity index (χ1) is 19.4. The molecule has 0 saturated carbocycles. The van der Waals surface area contributed by atoms with Gasteiger partial charge in [-0.25, -0.2) is 0 Å². The summed E-state index contributed by atoms with van der Waals surface area (Å²) >= 11 is 0. The van der Waals surface area contributed by atoms with Gasteiger partial charge >= 0.3 is 0 Å². The summed E-state index contributed by atoms with van der Waals surface area (Å²) in [4.78, 5) is 9.12. The second-order valence-corrected chi connectivity index (χ2v) is 17.9. The molecular weight excluding hydrogens is 705 g/mol. The molecule has 0 fully saturated rings. The smallest absolute Gasteiger partial charge is 0.0799 e. The quantitative estimate of drug-likeness (QED) is 0.132. The fraction of sp³-hybridized carbons (Fsp3) is 0.263. The summed E-state index contributed by atoms with van der Waals surface area (Å²) < 4.78 is 0. The van der Waals surface area contributed by atoms with Crippen LogP contribution in [-0.4, -0.2) is 18.0 Å². The standard InChI is InChI=1S/C21H20N.C17H22NSi.Ir/c1-21(2,3)19-11-9-16(10-12-19)18-13-14-22-20(15-18)17-7-5-4-6-8-17;1-13(2)15-11-16(14-9-7-6-8-10-14)18-12-17(15)19(3,4)5;/h4-7,9-15H,1-3H3;6-9,11-13H,1-5H3;/q2*-1;. The topological polar surface area (TPSA) is 25.8 Å². The Labute approximate surface area is 268 Å². The predicted octanol–water partition coefficient (Wildman–Crippen LogP) is 9.73. The normalized spacial score (nSPS) is 11.4. The zero-order valence-electron chi connectivity index (χ0n) is 26.1. The van der Waals surface area contributed by atoms with Crippen LogP contribution in [0, 0.1) is 12.1 Å². The zero-order valence-corrected chi connectivity index (χ0v) is 29.5. The molecule has 0 amide bonds. The Morgan fingerprint density at radius 1 is 0.690 bits per heavy atom. The number of aromatic nitrogens is 2. The molecule has 0 aliphatic rings. The molecule has 219 valence electrons. The van der Waals surface area contributed by atoms with Crippen molar-refractivity contribution >= 4 is 13.3 Å². The van der Waals surface area contributed by atoms with E-state index >= 15 is 0 Å². The van der Waals surface area contributed by atoms with E-state index < -0.39 is 8.07 Å². The van der Waals surface area contributed by atoms with Crippen molar-refractivity contribution in [2.45, 2.75) is 65.6 Å². The molecule has 2 nitrogen and oxygen atoms in total. The van der Waals surface area contributed by atoms with Crippen LogP contribution in [0.25, 0.3) is 33.6 Å². The molecule has 5 aromatic rings. The summed E-state index contributed by atoms with van der Waals surface area (Å²) in [7, 11) is -1.34. The van der Waals surface area contributed by atoms with Crippen molar-refractivity contribution in [3.63, 3.8) is 0 Å². The fourth-order valence-electron chi connectivity index (χ4n) is 4.75. The molecule has 1 radical (unpaired) electrons. The van der Waals surface area contributed by atoms with Crippen LogP contribution in [0.1, 0.15) is 51.7 Å². The van der Waals surface area contributed by atoms with Crippen molar-refractivity contribution in [2.75, 3.05) is 0 Å². The van der Waals surface area contributed by atoms with Crippen LogP contribution in [0.2, 0.25) is 19.6 Å². The first-order valence-electron chi connectivity index (χ1n) is 14.4. The predicted molar refractivity (Wildman–Crippen MR) is 178 cm³/mol. The molecule has 0 spiro atoms. The molecule has 0 N–H and O–H groups in total. The third-order valence-electron chi connectivity index (χ3n) is 7.18. The molecule has 42 heavy (non-hydrogen) atoms. The molecule has 5 rings (SSSR count). The van der Waals surface area contributed by atoms with E-state index in [2.05, 4.69) is 131 Å². The van der Waals surface area contributed by atoms with E-state index in [9.17, 15) is 0 Å². The van der Waals surface area contributed by atoms with Crippen LogP contribution >= 0.6 is 0 Å². The number of hydrogen-bond donors (Lipinski definition) is 0. The summed E-state index contributed by atoms with van der Waals surface area (Å²) in [6.45, 7) is 18.4. The maximum absolute atomic E-state index is 4.66. The molecule has 2 aromatic heterocycles. The van der Waals surface area contributed by atoms with Crippen LogP contribution in [0.3, 0.4) is 0 Å². The van der Waals surface area contributed by atoms with E-state index in [-0.39, 0.29) is 25.5 Å². The molecule has 3 aromatic carbocycles. The first-order valence-corrected chi connectivity index (χ1v) is 17.9. The second-order valence-electron chi connectivity index (χ2n) is 12.9. The first kappa shape index (κ1) is 33.3. The van der Waals surface area contributed by atoms with Crippen molar-refractivity contribution in [2.24, 2.45) is 0 Å². The monoisotopic (exact) mass is 747 g/mol. The molecule has 0 bridgehead atoms. The van der Waals surface area contributed by atoms with Crippen molar-refractivity contribution in [3.8, 4) is 33.6 Å². The van der Waals surface area contributed by atoms with E-state index in [1.807, 2.05) is 48.7 Å². The van der Waals surface area contributed by atoms with Gasteiger partial charge in [0.05, 0.1) is 8.07 Å². The zero-order chi connectivity index (χ0) is 29.6. The third-order valence-corrected chi connectivity index (χ3v) is 9.21. The van der Waals surface area contributed by atoms with Gasteiger partial charge in [-0.2, -0.15) is 0 Å². The third kappa shape index (κ3) is 8.67. The maximum Gasteiger partial charge on any atom is 0.0799 e. The van der Waals surface area contributed by atoms with Gasteiger partial charge in [0, 0.05) is 32.5 Å². The van der Waals surface area contributed by atoms with Crippen LogP contribution in [0.4, 0.5) is 0 Å². The Balaban J connectivity index is 0.000000228. The van der Waals surface area contributed by atoms with Gasteiger partial charge in [-0.3, -0.25) is 0 Å². The molecule has 2 heterocycles. The summed E-state index contributed by atoms with van der Waals surface area (Å²) in [6.07, 6.45) is 3.96.